The molecule has 4 heteroatoms. The summed E-state index contributed by atoms with van der Waals surface area (Å²) in [5, 5.41) is 3.28. The van der Waals surface area contributed by atoms with Crippen LogP contribution in [-0.2, 0) is 9.53 Å². The van der Waals surface area contributed by atoms with Crippen LogP contribution in [0.1, 0.15) is 53.9 Å². The van der Waals surface area contributed by atoms with Gasteiger partial charge in [-0.25, -0.2) is 0 Å². The highest BCUT2D eigenvalue weighted by Gasteiger charge is 2.24. The van der Waals surface area contributed by atoms with E-state index in [1.54, 1.807) is 7.11 Å². The van der Waals surface area contributed by atoms with E-state index in [-0.39, 0.29) is 23.5 Å². The van der Waals surface area contributed by atoms with Gasteiger partial charge in [-0.1, -0.05) is 13.8 Å². The Morgan fingerprint density at radius 2 is 2.14 bits per heavy atom. The van der Waals surface area contributed by atoms with Crippen LogP contribution in [0.5, 0.6) is 0 Å². The van der Waals surface area contributed by atoms with Crippen LogP contribution >= 0.6 is 0 Å². The van der Waals surface area contributed by atoms with Crippen LogP contribution in [-0.4, -0.2) is 49.2 Å². The monoisotopic (exact) mass is 310 g/mol. The van der Waals surface area contributed by atoms with Crippen molar-refractivity contribution in [3.63, 3.8) is 0 Å². The quantitative estimate of drug-likeness (QED) is 0.767. The van der Waals surface area contributed by atoms with E-state index in [1.807, 2.05) is 18.7 Å². The minimum atomic E-state index is -0.171. The van der Waals surface area contributed by atoms with E-state index in [1.165, 1.54) is 0 Å². The summed E-state index contributed by atoms with van der Waals surface area (Å²) < 4.78 is 5.40. The third-order valence-electron chi connectivity index (χ3n) is 3.96. The maximum Gasteiger partial charge on any atom is 0.236 e. The minimum absolute atomic E-state index is 0.145. The number of carbonyl (C=O) groups is 1. The number of piperidine rings is 1. The largest absolute Gasteiger partial charge is 0.379 e. The predicted molar refractivity (Wildman–Crippen MR) is 92.7 cm³/mol. The minimum Gasteiger partial charge on any atom is -0.379 e. The van der Waals surface area contributed by atoms with Crippen LogP contribution in [0.15, 0.2) is 0 Å². The van der Waals surface area contributed by atoms with Gasteiger partial charge in [0.2, 0.25) is 5.91 Å². The number of hydrogen-bond acceptors (Lipinski definition) is 3. The van der Waals surface area contributed by atoms with E-state index < -0.39 is 0 Å². The van der Waals surface area contributed by atoms with E-state index in [4.69, 9.17) is 11.2 Å². The molecule has 4 nitrogen and oxygen atoms in total. The third kappa shape index (κ3) is 7.82. The molecule has 2 atom stereocenters. The molecule has 1 amide bonds. The fourth-order valence-electron chi connectivity index (χ4n) is 2.61. The Morgan fingerprint density at radius 1 is 1.50 bits per heavy atom. The predicted octanol–water partition coefficient (Wildman–Crippen LogP) is 2.68. The molecule has 1 fully saturated rings. The number of ether oxygens (including phenoxy) is 1. The Bertz CT molecular complexity index is 361. The first-order valence-electron chi connectivity index (χ1n) is 8.40. The van der Waals surface area contributed by atoms with Gasteiger partial charge in [-0.2, -0.15) is 0 Å². The number of nitrogens with zero attached hydrogens (tertiary/aromatic N) is 1. The zero-order valence-electron chi connectivity index (χ0n) is 15.2. The smallest absolute Gasteiger partial charge is 0.236 e. The van der Waals surface area contributed by atoms with Gasteiger partial charge in [0, 0.05) is 32.2 Å². The Morgan fingerprint density at radius 3 is 2.68 bits per heavy atom. The highest BCUT2D eigenvalue weighted by molar-refractivity contribution is 5.78. The molecule has 0 aromatic rings. The van der Waals surface area contributed by atoms with Crippen LogP contribution in [0.25, 0.3) is 0 Å². The summed E-state index contributed by atoms with van der Waals surface area (Å²) in [4.78, 5) is 14.0. The van der Waals surface area contributed by atoms with Crippen LogP contribution in [0.2, 0.25) is 0 Å². The maximum atomic E-state index is 12.2. The SMILES string of the molecule is C#CC1CCCN(C(=O)CNC(C)CC(C)(C)OC)C1.CC. The average Bonchev–Trinajstić information content (AvgIpc) is 2.54. The Kier molecular flexibility index (Phi) is 10.1. The molecule has 1 rings (SSSR count). The number of hydrogen-bond donors (Lipinski definition) is 1. The summed E-state index contributed by atoms with van der Waals surface area (Å²) >= 11 is 0. The number of carbonyl (C=O) groups excluding carboxylic acids is 1. The lowest BCUT2D eigenvalue weighted by molar-refractivity contribution is -0.131. The van der Waals surface area contributed by atoms with Gasteiger partial charge in [0.1, 0.15) is 0 Å². The van der Waals surface area contributed by atoms with Crippen LogP contribution in [0, 0.1) is 18.3 Å². The van der Waals surface area contributed by atoms with Crippen LogP contribution in [0.4, 0.5) is 0 Å². The van der Waals surface area contributed by atoms with E-state index >= 15 is 0 Å². The van der Waals surface area contributed by atoms with Gasteiger partial charge in [0.25, 0.3) is 0 Å². The standard InChI is InChI=1S/C16H28N2O2.C2H6/c1-6-14-8-7-9-18(12-14)15(19)11-17-13(2)10-16(3,4)20-5;1-2/h1,13-14,17H,7-12H2,2-5H3;1-2H3. The van der Waals surface area contributed by atoms with Gasteiger partial charge in [-0.15, -0.1) is 12.3 Å². The molecule has 0 saturated carbocycles. The molecule has 22 heavy (non-hydrogen) atoms. The normalized spacial score (nSPS) is 19.7. The first-order chi connectivity index (χ1) is 10.4. The van der Waals surface area contributed by atoms with Crippen LogP contribution in [0.3, 0.4) is 0 Å². The van der Waals surface area contributed by atoms with Crippen molar-refractivity contribution in [1.82, 2.24) is 10.2 Å². The molecule has 0 aromatic carbocycles. The van der Waals surface area contributed by atoms with Gasteiger partial charge >= 0.3 is 0 Å². The second-order valence-corrected chi connectivity index (χ2v) is 6.30. The zero-order valence-corrected chi connectivity index (χ0v) is 15.2. The van der Waals surface area contributed by atoms with Gasteiger partial charge < -0.3 is 15.0 Å². The molecular formula is C18H34N2O2. The van der Waals surface area contributed by atoms with Crippen molar-refractivity contribution in [2.24, 2.45) is 5.92 Å². The molecule has 128 valence electrons. The first kappa shape index (κ1) is 20.9. The number of terminal acetylenes is 1. The number of methoxy groups -OCH3 is 1. The van der Waals surface area contributed by atoms with E-state index in [9.17, 15) is 4.79 Å². The third-order valence-corrected chi connectivity index (χ3v) is 3.96. The molecule has 0 aromatic heterocycles. The average molecular weight is 310 g/mol. The van der Waals surface area contributed by atoms with Crippen molar-refractivity contribution < 1.29 is 9.53 Å². The maximum absolute atomic E-state index is 12.2. The lowest BCUT2D eigenvalue weighted by Gasteiger charge is -2.31. The van der Waals surface area contributed by atoms with Crippen molar-refractivity contribution >= 4 is 5.91 Å². The summed E-state index contributed by atoms with van der Waals surface area (Å²) in [6.07, 6.45) is 8.36. The molecule has 1 N–H and O–H groups in total. The lowest BCUT2D eigenvalue weighted by atomic mass is 9.98. The molecule has 1 aliphatic rings. The molecule has 0 radical (unpaired) electrons. The number of likely N-dealkylation sites (tertiary alicyclic amines) is 1. The highest BCUT2D eigenvalue weighted by Crippen LogP contribution is 2.16. The zero-order chi connectivity index (χ0) is 17.2. The van der Waals surface area contributed by atoms with Crippen molar-refractivity contribution in [2.75, 3.05) is 26.7 Å². The first-order valence-corrected chi connectivity index (χ1v) is 8.40. The Balaban J connectivity index is 0.00000211. The molecule has 2 unspecified atom stereocenters. The van der Waals surface area contributed by atoms with Crippen molar-refractivity contribution in [1.29, 1.82) is 0 Å². The van der Waals surface area contributed by atoms with Crippen LogP contribution < -0.4 is 5.32 Å². The summed E-state index contributed by atoms with van der Waals surface area (Å²) in [7, 11) is 1.71. The summed E-state index contributed by atoms with van der Waals surface area (Å²) in [6, 6.07) is 0.238. The van der Waals surface area contributed by atoms with E-state index in [2.05, 4.69) is 32.0 Å². The fourth-order valence-corrected chi connectivity index (χ4v) is 2.61. The molecule has 0 spiro atoms. The Hall–Kier alpha value is -1.05. The second-order valence-electron chi connectivity index (χ2n) is 6.30. The number of nitrogens with one attached hydrogen (secondary N) is 1. The molecular weight excluding hydrogens is 276 g/mol. The number of rotatable bonds is 6. The molecule has 0 bridgehead atoms. The fraction of sp³-hybridized carbons (Fsp3) is 0.833. The van der Waals surface area contributed by atoms with E-state index in [0.29, 0.717) is 13.1 Å². The molecule has 1 aliphatic heterocycles. The summed E-state index contributed by atoms with van der Waals surface area (Å²) in [6.45, 7) is 12.1. The van der Waals surface area contributed by atoms with Gasteiger partial charge in [-0.3, -0.25) is 4.79 Å². The van der Waals surface area contributed by atoms with Crippen molar-refractivity contribution in [2.45, 2.75) is 65.5 Å². The van der Waals surface area contributed by atoms with E-state index in [0.717, 1.165) is 25.8 Å². The van der Waals surface area contributed by atoms with Gasteiger partial charge in [-0.05, 0) is 40.0 Å². The topological polar surface area (TPSA) is 41.6 Å². The summed E-state index contributed by atoms with van der Waals surface area (Å²) in [5.41, 5.74) is -0.171. The molecule has 1 heterocycles. The van der Waals surface area contributed by atoms with Gasteiger partial charge in [0.15, 0.2) is 0 Å². The number of amides is 1. The second kappa shape index (κ2) is 10.6. The van der Waals surface area contributed by atoms with Gasteiger partial charge in [0.05, 0.1) is 12.1 Å². The molecule has 0 aliphatic carbocycles. The van der Waals surface area contributed by atoms with Crippen molar-refractivity contribution in [3.8, 4) is 12.3 Å². The van der Waals surface area contributed by atoms with Crippen molar-refractivity contribution in [3.05, 3.63) is 0 Å². The Labute approximate surface area is 137 Å². The summed E-state index contributed by atoms with van der Waals surface area (Å²) in [5.74, 6) is 3.13. The molecule has 1 saturated heterocycles. The lowest BCUT2D eigenvalue weighted by Crippen LogP contribution is -2.46. The highest BCUT2D eigenvalue weighted by atomic mass is 16.5.